The van der Waals surface area contributed by atoms with Gasteiger partial charge in [-0.25, -0.2) is 4.79 Å². The van der Waals surface area contributed by atoms with Gasteiger partial charge < -0.3 is 10.4 Å². The van der Waals surface area contributed by atoms with E-state index < -0.39 is 5.97 Å². The largest absolute Gasteiger partial charge is 0.478 e. The highest BCUT2D eigenvalue weighted by molar-refractivity contribution is 7.17. The van der Waals surface area contributed by atoms with Crippen LogP contribution in [0.25, 0.3) is 0 Å². The summed E-state index contributed by atoms with van der Waals surface area (Å²) in [5.74, 6) is -1.31. The Morgan fingerprint density at radius 1 is 1.43 bits per heavy atom. The molecule has 2 aromatic heterocycles. The normalized spacial score (nSPS) is 13.2. The van der Waals surface area contributed by atoms with Crippen LogP contribution in [-0.2, 0) is 19.9 Å². The standard InChI is InChI=1S/C14H15N3O3S/c1-7-6-9(17(2)16-7)12(18)15-13-11(14(19)20)8-4-3-5-10(8)21-13/h6H,3-5H2,1-2H3,(H,15,18)(H,19,20). The number of hydrogen-bond acceptors (Lipinski definition) is 4. The van der Waals surface area contributed by atoms with Crippen LogP contribution in [0.1, 0.15) is 43.4 Å². The van der Waals surface area contributed by atoms with Gasteiger partial charge >= 0.3 is 5.97 Å². The van der Waals surface area contributed by atoms with E-state index in [4.69, 9.17) is 0 Å². The number of rotatable bonds is 3. The van der Waals surface area contributed by atoms with Gasteiger partial charge in [0.25, 0.3) is 5.91 Å². The number of aromatic nitrogens is 2. The zero-order valence-corrected chi connectivity index (χ0v) is 12.6. The minimum absolute atomic E-state index is 0.250. The first-order chi connectivity index (χ1) is 9.97. The van der Waals surface area contributed by atoms with E-state index in [0.29, 0.717) is 10.7 Å². The van der Waals surface area contributed by atoms with Crippen molar-refractivity contribution in [2.24, 2.45) is 7.05 Å². The number of nitrogens with zero attached hydrogens (tertiary/aromatic N) is 2. The van der Waals surface area contributed by atoms with Crippen molar-refractivity contribution in [2.75, 3.05) is 5.32 Å². The quantitative estimate of drug-likeness (QED) is 0.910. The van der Waals surface area contributed by atoms with Crippen molar-refractivity contribution in [2.45, 2.75) is 26.2 Å². The van der Waals surface area contributed by atoms with Gasteiger partial charge in [-0.15, -0.1) is 11.3 Å². The number of carbonyl (C=O) groups excluding carboxylic acids is 1. The van der Waals surface area contributed by atoms with E-state index in [2.05, 4.69) is 10.4 Å². The predicted octanol–water partition coefficient (Wildman–Crippen LogP) is 2.23. The maximum absolute atomic E-state index is 12.3. The average Bonchev–Trinajstić information content (AvgIpc) is 3.02. The van der Waals surface area contributed by atoms with E-state index in [1.54, 1.807) is 20.0 Å². The van der Waals surface area contributed by atoms with Gasteiger partial charge in [0.1, 0.15) is 10.7 Å². The highest BCUT2D eigenvalue weighted by atomic mass is 32.1. The van der Waals surface area contributed by atoms with Crippen LogP contribution in [0.15, 0.2) is 6.07 Å². The molecule has 0 saturated heterocycles. The van der Waals surface area contributed by atoms with Crippen LogP contribution in [0, 0.1) is 6.92 Å². The Hall–Kier alpha value is -2.15. The number of fused-ring (bicyclic) bond motifs is 1. The number of carboxylic acid groups (broad SMARTS) is 1. The predicted molar refractivity (Wildman–Crippen MR) is 79.2 cm³/mol. The lowest BCUT2D eigenvalue weighted by molar-refractivity contribution is 0.0697. The Morgan fingerprint density at radius 2 is 2.19 bits per heavy atom. The third-order valence-corrected chi connectivity index (χ3v) is 4.80. The summed E-state index contributed by atoms with van der Waals surface area (Å²) in [4.78, 5) is 24.8. The number of carboxylic acids is 1. The highest BCUT2D eigenvalue weighted by Crippen LogP contribution is 2.39. The molecule has 0 saturated carbocycles. The fourth-order valence-corrected chi connectivity index (χ4v) is 3.99. The van der Waals surface area contributed by atoms with E-state index in [9.17, 15) is 14.7 Å². The van der Waals surface area contributed by atoms with Crippen molar-refractivity contribution in [3.8, 4) is 0 Å². The second kappa shape index (κ2) is 5.00. The van der Waals surface area contributed by atoms with Crippen LogP contribution >= 0.6 is 11.3 Å². The molecule has 2 aromatic rings. The lowest BCUT2D eigenvalue weighted by atomic mass is 10.1. The van der Waals surface area contributed by atoms with Crippen LogP contribution in [0.3, 0.4) is 0 Å². The molecule has 6 nitrogen and oxygen atoms in total. The molecule has 2 N–H and O–H groups in total. The molecule has 3 rings (SSSR count). The fraction of sp³-hybridized carbons (Fsp3) is 0.357. The molecular formula is C14H15N3O3S. The van der Waals surface area contributed by atoms with Crippen molar-refractivity contribution in [1.82, 2.24) is 9.78 Å². The zero-order chi connectivity index (χ0) is 15.1. The molecule has 1 aliphatic carbocycles. The molecule has 0 atom stereocenters. The van der Waals surface area contributed by atoms with Gasteiger partial charge in [-0.1, -0.05) is 0 Å². The topological polar surface area (TPSA) is 84.2 Å². The van der Waals surface area contributed by atoms with Gasteiger partial charge in [-0.05, 0) is 37.8 Å². The number of anilines is 1. The van der Waals surface area contributed by atoms with Crippen LogP contribution in [-0.4, -0.2) is 26.8 Å². The van der Waals surface area contributed by atoms with Gasteiger partial charge in [-0.3, -0.25) is 9.48 Å². The van der Waals surface area contributed by atoms with Crippen molar-refractivity contribution < 1.29 is 14.7 Å². The second-order valence-corrected chi connectivity index (χ2v) is 6.22. The Morgan fingerprint density at radius 3 is 2.81 bits per heavy atom. The second-order valence-electron chi connectivity index (χ2n) is 5.12. The number of nitrogens with one attached hydrogen (secondary N) is 1. The number of aryl methyl sites for hydroxylation is 3. The van der Waals surface area contributed by atoms with E-state index >= 15 is 0 Å². The minimum Gasteiger partial charge on any atom is -0.478 e. The molecular weight excluding hydrogens is 290 g/mol. The smallest absolute Gasteiger partial charge is 0.339 e. The summed E-state index contributed by atoms with van der Waals surface area (Å²) in [5.41, 5.74) is 2.29. The molecule has 0 aromatic carbocycles. The van der Waals surface area contributed by atoms with Gasteiger partial charge in [0.05, 0.1) is 11.3 Å². The number of thiophene rings is 1. The summed E-state index contributed by atoms with van der Waals surface area (Å²) in [7, 11) is 1.69. The molecule has 0 spiro atoms. The molecule has 0 fully saturated rings. The molecule has 0 radical (unpaired) electrons. The Labute approximate surface area is 125 Å². The van der Waals surface area contributed by atoms with E-state index in [0.717, 1.165) is 35.4 Å². The Balaban J connectivity index is 1.94. The van der Waals surface area contributed by atoms with Crippen molar-refractivity contribution >= 4 is 28.2 Å². The minimum atomic E-state index is -0.981. The number of hydrogen-bond donors (Lipinski definition) is 2. The molecule has 21 heavy (non-hydrogen) atoms. The van der Waals surface area contributed by atoms with Crippen molar-refractivity contribution in [3.63, 3.8) is 0 Å². The van der Waals surface area contributed by atoms with Gasteiger partial charge in [0, 0.05) is 11.9 Å². The van der Waals surface area contributed by atoms with Crippen LogP contribution in [0.4, 0.5) is 5.00 Å². The average molecular weight is 305 g/mol. The number of amides is 1. The van der Waals surface area contributed by atoms with E-state index in [1.807, 2.05) is 0 Å². The lowest BCUT2D eigenvalue weighted by Crippen LogP contribution is -2.17. The third kappa shape index (κ3) is 2.33. The molecule has 0 bridgehead atoms. The summed E-state index contributed by atoms with van der Waals surface area (Å²) in [5, 5.41) is 16.7. The summed E-state index contributed by atoms with van der Waals surface area (Å²) in [6.45, 7) is 1.80. The highest BCUT2D eigenvalue weighted by Gasteiger charge is 2.27. The summed E-state index contributed by atoms with van der Waals surface area (Å²) < 4.78 is 1.49. The molecule has 2 heterocycles. The SMILES string of the molecule is Cc1cc(C(=O)Nc2sc3c(c2C(=O)O)CCC3)n(C)n1. The number of carbonyl (C=O) groups is 2. The Bertz CT molecular complexity index is 745. The Kier molecular flexibility index (Phi) is 3.29. The third-order valence-electron chi connectivity index (χ3n) is 3.60. The van der Waals surface area contributed by atoms with Gasteiger partial charge in [-0.2, -0.15) is 5.10 Å². The first-order valence-electron chi connectivity index (χ1n) is 6.67. The molecule has 7 heteroatoms. The van der Waals surface area contributed by atoms with Crippen LogP contribution in [0.5, 0.6) is 0 Å². The summed E-state index contributed by atoms with van der Waals surface area (Å²) >= 11 is 1.37. The molecule has 110 valence electrons. The fourth-order valence-electron chi connectivity index (χ4n) is 2.71. The van der Waals surface area contributed by atoms with Crippen molar-refractivity contribution in [3.05, 3.63) is 33.5 Å². The molecule has 0 unspecified atom stereocenters. The summed E-state index contributed by atoms with van der Waals surface area (Å²) in [6.07, 6.45) is 2.64. The molecule has 0 aliphatic heterocycles. The van der Waals surface area contributed by atoms with Crippen LogP contribution in [0.2, 0.25) is 0 Å². The van der Waals surface area contributed by atoms with Crippen molar-refractivity contribution in [1.29, 1.82) is 0 Å². The lowest BCUT2D eigenvalue weighted by Gasteiger charge is -2.05. The molecule has 1 amide bonds. The maximum Gasteiger partial charge on any atom is 0.339 e. The van der Waals surface area contributed by atoms with E-state index in [1.165, 1.54) is 16.0 Å². The summed E-state index contributed by atoms with van der Waals surface area (Å²) in [6, 6.07) is 1.68. The first kappa shape index (κ1) is 13.8. The molecule has 1 aliphatic rings. The van der Waals surface area contributed by atoms with Gasteiger partial charge in [0.2, 0.25) is 0 Å². The number of aromatic carboxylic acids is 1. The maximum atomic E-state index is 12.3. The monoisotopic (exact) mass is 305 g/mol. The van der Waals surface area contributed by atoms with Crippen LogP contribution < -0.4 is 5.32 Å². The van der Waals surface area contributed by atoms with Gasteiger partial charge in [0.15, 0.2) is 0 Å². The first-order valence-corrected chi connectivity index (χ1v) is 7.49. The van der Waals surface area contributed by atoms with E-state index in [-0.39, 0.29) is 11.5 Å². The zero-order valence-electron chi connectivity index (χ0n) is 11.8.